The molecule has 0 aliphatic rings. The van der Waals surface area contributed by atoms with Crippen molar-refractivity contribution in [2.24, 2.45) is 5.73 Å². The van der Waals surface area contributed by atoms with E-state index < -0.39 is 0 Å². The SMILES string of the molecule is CCOc1ccc(OCC)c(-c2csc(CCN)n2)c1. The van der Waals surface area contributed by atoms with Gasteiger partial charge in [-0.3, -0.25) is 0 Å². The number of nitrogens with zero attached hydrogens (tertiary/aromatic N) is 1. The number of benzene rings is 1. The number of nitrogens with two attached hydrogens (primary N) is 1. The van der Waals surface area contributed by atoms with Crippen molar-refractivity contribution in [3.05, 3.63) is 28.6 Å². The standard InChI is InChI=1S/C15H20N2O2S/c1-3-18-11-5-6-14(19-4-2)12(9-11)13-10-20-15(17-13)7-8-16/h5-6,9-10H,3-4,7-8,16H2,1-2H3. The highest BCUT2D eigenvalue weighted by Gasteiger charge is 2.12. The van der Waals surface area contributed by atoms with Gasteiger partial charge < -0.3 is 15.2 Å². The Morgan fingerprint density at radius 1 is 1.20 bits per heavy atom. The van der Waals surface area contributed by atoms with E-state index in [1.54, 1.807) is 11.3 Å². The lowest BCUT2D eigenvalue weighted by molar-refractivity contribution is 0.331. The van der Waals surface area contributed by atoms with Crippen LogP contribution in [0.15, 0.2) is 23.6 Å². The Kier molecular flexibility index (Phi) is 5.38. The summed E-state index contributed by atoms with van der Waals surface area (Å²) in [6.07, 6.45) is 0.805. The molecule has 1 aromatic heterocycles. The predicted octanol–water partition coefficient (Wildman–Crippen LogP) is 3.11. The first kappa shape index (κ1) is 14.8. The Balaban J connectivity index is 2.36. The molecular weight excluding hydrogens is 272 g/mol. The second-order valence-corrected chi connectivity index (χ2v) is 5.13. The molecule has 0 aliphatic carbocycles. The first-order valence-electron chi connectivity index (χ1n) is 6.83. The van der Waals surface area contributed by atoms with Gasteiger partial charge in [0.1, 0.15) is 11.5 Å². The summed E-state index contributed by atoms with van der Waals surface area (Å²) in [6, 6.07) is 5.84. The van der Waals surface area contributed by atoms with Crippen LogP contribution in [0, 0.1) is 0 Å². The summed E-state index contributed by atoms with van der Waals surface area (Å²) in [4.78, 5) is 4.62. The third-order valence-electron chi connectivity index (χ3n) is 2.75. The van der Waals surface area contributed by atoms with E-state index in [0.29, 0.717) is 19.8 Å². The van der Waals surface area contributed by atoms with Crippen LogP contribution in [0.25, 0.3) is 11.3 Å². The fourth-order valence-electron chi connectivity index (χ4n) is 1.92. The van der Waals surface area contributed by atoms with Crippen LogP contribution in [0.4, 0.5) is 0 Å². The van der Waals surface area contributed by atoms with Gasteiger partial charge in [0.2, 0.25) is 0 Å². The average Bonchev–Trinajstić information content (AvgIpc) is 2.90. The van der Waals surface area contributed by atoms with Crippen LogP contribution >= 0.6 is 11.3 Å². The van der Waals surface area contributed by atoms with Gasteiger partial charge in [0, 0.05) is 17.4 Å². The maximum atomic E-state index is 5.68. The van der Waals surface area contributed by atoms with E-state index in [0.717, 1.165) is 34.2 Å². The summed E-state index contributed by atoms with van der Waals surface area (Å²) >= 11 is 1.63. The number of thiazole rings is 1. The monoisotopic (exact) mass is 292 g/mol. The Labute approximate surface area is 123 Å². The van der Waals surface area contributed by atoms with Crippen LogP contribution in [-0.4, -0.2) is 24.7 Å². The molecule has 0 bridgehead atoms. The zero-order valence-corrected chi connectivity index (χ0v) is 12.7. The molecule has 1 aromatic carbocycles. The van der Waals surface area contributed by atoms with E-state index in [1.165, 1.54) is 0 Å². The minimum absolute atomic E-state index is 0.615. The molecule has 2 aromatic rings. The lowest BCUT2D eigenvalue weighted by Crippen LogP contribution is -2.02. The second kappa shape index (κ2) is 7.26. The Bertz CT molecular complexity index is 555. The molecule has 0 fully saturated rings. The van der Waals surface area contributed by atoms with Crippen LogP contribution in [0.5, 0.6) is 11.5 Å². The topological polar surface area (TPSA) is 57.4 Å². The van der Waals surface area contributed by atoms with Crippen LogP contribution in [0.2, 0.25) is 0 Å². The number of rotatable bonds is 7. The molecule has 0 radical (unpaired) electrons. The smallest absolute Gasteiger partial charge is 0.128 e. The Morgan fingerprint density at radius 3 is 2.70 bits per heavy atom. The molecule has 0 saturated heterocycles. The van der Waals surface area contributed by atoms with Gasteiger partial charge in [-0.2, -0.15) is 0 Å². The largest absolute Gasteiger partial charge is 0.494 e. The molecule has 0 atom stereocenters. The molecular formula is C15H20N2O2S. The van der Waals surface area contributed by atoms with Crippen LogP contribution < -0.4 is 15.2 Å². The molecule has 1 heterocycles. The molecule has 4 nitrogen and oxygen atoms in total. The first-order chi connectivity index (χ1) is 9.78. The van der Waals surface area contributed by atoms with Crippen molar-refractivity contribution in [2.75, 3.05) is 19.8 Å². The van der Waals surface area contributed by atoms with E-state index in [2.05, 4.69) is 4.98 Å². The van der Waals surface area contributed by atoms with Gasteiger partial charge in [-0.1, -0.05) is 0 Å². The van der Waals surface area contributed by atoms with Gasteiger partial charge in [0.05, 0.1) is 23.9 Å². The van der Waals surface area contributed by atoms with Crippen molar-refractivity contribution in [3.63, 3.8) is 0 Å². The quantitative estimate of drug-likeness (QED) is 0.852. The summed E-state index contributed by atoms with van der Waals surface area (Å²) in [6.45, 7) is 5.83. The van der Waals surface area contributed by atoms with Gasteiger partial charge in [-0.05, 0) is 38.6 Å². The highest BCUT2D eigenvalue weighted by molar-refractivity contribution is 7.09. The van der Waals surface area contributed by atoms with Gasteiger partial charge >= 0.3 is 0 Å². The van der Waals surface area contributed by atoms with Crippen LogP contribution in [0.3, 0.4) is 0 Å². The summed E-state index contributed by atoms with van der Waals surface area (Å²) in [5.41, 5.74) is 7.46. The van der Waals surface area contributed by atoms with Crippen molar-refractivity contribution in [1.82, 2.24) is 4.98 Å². The molecule has 2 N–H and O–H groups in total. The maximum absolute atomic E-state index is 5.68. The zero-order valence-electron chi connectivity index (χ0n) is 11.9. The van der Waals surface area contributed by atoms with E-state index in [1.807, 2.05) is 37.4 Å². The van der Waals surface area contributed by atoms with Gasteiger partial charge in [0.15, 0.2) is 0 Å². The number of hydrogen-bond donors (Lipinski definition) is 1. The molecule has 0 aliphatic heterocycles. The Morgan fingerprint density at radius 2 is 2.00 bits per heavy atom. The number of hydrogen-bond acceptors (Lipinski definition) is 5. The molecule has 108 valence electrons. The molecule has 0 saturated carbocycles. The summed E-state index contributed by atoms with van der Waals surface area (Å²) < 4.78 is 11.2. The van der Waals surface area contributed by atoms with Crippen LogP contribution in [0.1, 0.15) is 18.9 Å². The highest BCUT2D eigenvalue weighted by atomic mass is 32.1. The van der Waals surface area contributed by atoms with E-state index in [4.69, 9.17) is 15.2 Å². The van der Waals surface area contributed by atoms with Crippen molar-refractivity contribution in [1.29, 1.82) is 0 Å². The molecule has 2 rings (SSSR count). The summed E-state index contributed by atoms with van der Waals surface area (Å²) in [5, 5.41) is 3.09. The van der Waals surface area contributed by atoms with Crippen molar-refractivity contribution >= 4 is 11.3 Å². The van der Waals surface area contributed by atoms with Gasteiger partial charge in [0.25, 0.3) is 0 Å². The average molecular weight is 292 g/mol. The van der Waals surface area contributed by atoms with Gasteiger partial charge in [-0.25, -0.2) is 4.98 Å². The lowest BCUT2D eigenvalue weighted by Gasteiger charge is -2.11. The highest BCUT2D eigenvalue weighted by Crippen LogP contribution is 2.34. The van der Waals surface area contributed by atoms with E-state index >= 15 is 0 Å². The predicted molar refractivity (Wildman–Crippen MR) is 82.6 cm³/mol. The molecule has 20 heavy (non-hydrogen) atoms. The van der Waals surface area contributed by atoms with E-state index in [-0.39, 0.29) is 0 Å². The third kappa shape index (κ3) is 3.49. The number of aromatic nitrogens is 1. The van der Waals surface area contributed by atoms with Crippen molar-refractivity contribution in [2.45, 2.75) is 20.3 Å². The summed E-state index contributed by atoms with van der Waals surface area (Å²) in [5.74, 6) is 1.67. The van der Waals surface area contributed by atoms with Crippen molar-refractivity contribution < 1.29 is 9.47 Å². The Hall–Kier alpha value is -1.59. The molecule has 0 unspecified atom stereocenters. The normalized spacial score (nSPS) is 10.6. The van der Waals surface area contributed by atoms with E-state index in [9.17, 15) is 0 Å². The van der Waals surface area contributed by atoms with Crippen molar-refractivity contribution in [3.8, 4) is 22.8 Å². The van der Waals surface area contributed by atoms with Crippen LogP contribution in [-0.2, 0) is 6.42 Å². The fourth-order valence-corrected chi connectivity index (χ4v) is 2.73. The molecule has 0 amide bonds. The minimum atomic E-state index is 0.615. The minimum Gasteiger partial charge on any atom is -0.494 e. The number of ether oxygens (including phenoxy) is 2. The second-order valence-electron chi connectivity index (χ2n) is 4.19. The molecule has 0 spiro atoms. The third-order valence-corrected chi connectivity index (χ3v) is 3.66. The lowest BCUT2D eigenvalue weighted by atomic mass is 10.1. The maximum Gasteiger partial charge on any atom is 0.128 e. The first-order valence-corrected chi connectivity index (χ1v) is 7.71. The summed E-state index contributed by atoms with van der Waals surface area (Å²) in [7, 11) is 0. The zero-order chi connectivity index (χ0) is 14.4. The molecule has 5 heteroatoms. The fraction of sp³-hybridized carbons (Fsp3) is 0.400. The van der Waals surface area contributed by atoms with Gasteiger partial charge in [-0.15, -0.1) is 11.3 Å².